The highest BCUT2D eigenvalue weighted by Crippen LogP contribution is 2.31. The highest BCUT2D eigenvalue weighted by Gasteiger charge is 2.12. The van der Waals surface area contributed by atoms with Gasteiger partial charge in [0.1, 0.15) is 0 Å². The molecular formula is C19H26N2. The summed E-state index contributed by atoms with van der Waals surface area (Å²) in [7, 11) is 2.13. The third-order valence-electron chi connectivity index (χ3n) is 3.85. The van der Waals surface area contributed by atoms with Crippen molar-refractivity contribution in [1.29, 1.82) is 0 Å². The van der Waals surface area contributed by atoms with Crippen LogP contribution >= 0.6 is 0 Å². The SMILES string of the molecule is Cc1ccc(N(C)c2ccc(C)cc2CC(C)N)c(C)c1. The van der Waals surface area contributed by atoms with E-state index in [4.69, 9.17) is 5.73 Å². The summed E-state index contributed by atoms with van der Waals surface area (Å²) in [5.41, 5.74) is 13.7. The van der Waals surface area contributed by atoms with E-state index in [2.05, 4.69) is 76.0 Å². The van der Waals surface area contributed by atoms with Crippen LogP contribution in [0.1, 0.15) is 29.2 Å². The molecule has 0 aliphatic carbocycles. The van der Waals surface area contributed by atoms with Crippen molar-refractivity contribution in [3.8, 4) is 0 Å². The molecule has 1 unspecified atom stereocenters. The first-order valence-corrected chi connectivity index (χ1v) is 7.54. The lowest BCUT2D eigenvalue weighted by molar-refractivity contribution is 0.737. The van der Waals surface area contributed by atoms with Crippen LogP contribution in [0, 0.1) is 20.8 Å². The number of nitrogens with two attached hydrogens (primary N) is 1. The molecule has 0 aliphatic heterocycles. The van der Waals surface area contributed by atoms with Gasteiger partial charge in [-0.15, -0.1) is 0 Å². The van der Waals surface area contributed by atoms with E-state index in [1.807, 2.05) is 0 Å². The number of benzene rings is 2. The largest absolute Gasteiger partial charge is 0.344 e. The standard InChI is InChI=1S/C19H26N2/c1-13-6-8-18(15(3)10-13)21(5)19-9-7-14(2)11-17(19)12-16(4)20/h6-11,16H,12,20H2,1-5H3. The van der Waals surface area contributed by atoms with E-state index < -0.39 is 0 Å². The maximum atomic E-state index is 6.01. The first-order chi connectivity index (χ1) is 9.88. The van der Waals surface area contributed by atoms with E-state index in [0.29, 0.717) is 0 Å². The van der Waals surface area contributed by atoms with Gasteiger partial charge in [0, 0.05) is 24.5 Å². The number of nitrogens with zero attached hydrogens (tertiary/aromatic N) is 1. The van der Waals surface area contributed by atoms with Crippen molar-refractivity contribution in [2.24, 2.45) is 5.73 Å². The molecule has 0 fully saturated rings. The molecule has 2 rings (SSSR count). The molecule has 2 aromatic rings. The van der Waals surface area contributed by atoms with Crippen LogP contribution in [0.3, 0.4) is 0 Å². The number of hydrogen-bond donors (Lipinski definition) is 1. The normalized spacial score (nSPS) is 12.3. The molecule has 0 spiro atoms. The second-order valence-electron chi connectivity index (χ2n) is 6.16. The quantitative estimate of drug-likeness (QED) is 0.907. The molecule has 1 atom stereocenters. The van der Waals surface area contributed by atoms with Crippen molar-refractivity contribution in [2.75, 3.05) is 11.9 Å². The molecule has 0 amide bonds. The lowest BCUT2D eigenvalue weighted by Crippen LogP contribution is -2.20. The van der Waals surface area contributed by atoms with Crippen molar-refractivity contribution in [2.45, 2.75) is 40.2 Å². The summed E-state index contributed by atoms with van der Waals surface area (Å²) in [4.78, 5) is 2.27. The Morgan fingerprint density at radius 2 is 1.52 bits per heavy atom. The van der Waals surface area contributed by atoms with Crippen molar-refractivity contribution < 1.29 is 0 Å². The maximum Gasteiger partial charge on any atom is 0.0441 e. The van der Waals surface area contributed by atoms with Gasteiger partial charge in [-0.3, -0.25) is 0 Å². The van der Waals surface area contributed by atoms with Gasteiger partial charge in [-0.2, -0.15) is 0 Å². The molecule has 0 saturated heterocycles. The average Bonchev–Trinajstić information content (AvgIpc) is 2.37. The first-order valence-electron chi connectivity index (χ1n) is 7.54. The molecule has 0 aromatic heterocycles. The molecule has 21 heavy (non-hydrogen) atoms. The molecule has 0 heterocycles. The Bertz CT molecular complexity index is 629. The second kappa shape index (κ2) is 6.31. The molecular weight excluding hydrogens is 256 g/mol. The maximum absolute atomic E-state index is 6.01. The Morgan fingerprint density at radius 3 is 2.10 bits per heavy atom. The predicted molar refractivity (Wildman–Crippen MR) is 92.5 cm³/mol. The Labute approximate surface area is 128 Å². The van der Waals surface area contributed by atoms with E-state index in [1.54, 1.807) is 0 Å². The van der Waals surface area contributed by atoms with Crippen LogP contribution in [-0.2, 0) is 6.42 Å². The summed E-state index contributed by atoms with van der Waals surface area (Å²) >= 11 is 0. The summed E-state index contributed by atoms with van der Waals surface area (Å²) in [6, 6.07) is 13.4. The molecule has 0 aliphatic rings. The third kappa shape index (κ3) is 3.64. The fraction of sp³-hybridized carbons (Fsp3) is 0.368. The van der Waals surface area contributed by atoms with Gasteiger partial charge in [0.05, 0.1) is 0 Å². The Kier molecular flexibility index (Phi) is 4.69. The molecule has 2 heteroatoms. The van der Waals surface area contributed by atoms with Crippen LogP contribution in [0.5, 0.6) is 0 Å². The van der Waals surface area contributed by atoms with Gasteiger partial charge in [-0.1, -0.05) is 35.4 Å². The zero-order valence-corrected chi connectivity index (χ0v) is 13.8. The fourth-order valence-corrected chi connectivity index (χ4v) is 2.86. The Balaban J connectivity index is 2.44. The number of rotatable bonds is 4. The minimum absolute atomic E-state index is 0.165. The van der Waals surface area contributed by atoms with Crippen LogP contribution in [0.4, 0.5) is 11.4 Å². The molecule has 2 N–H and O–H groups in total. The predicted octanol–water partition coefficient (Wildman–Crippen LogP) is 4.27. The second-order valence-corrected chi connectivity index (χ2v) is 6.16. The smallest absolute Gasteiger partial charge is 0.0441 e. The molecule has 0 saturated carbocycles. The van der Waals surface area contributed by atoms with E-state index in [9.17, 15) is 0 Å². The van der Waals surface area contributed by atoms with Crippen LogP contribution in [0.2, 0.25) is 0 Å². The third-order valence-corrected chi connectivity index (χ3v) is 3.85. The van der Waals surface area contributed by atoms with Crippen LogP contribution in [0.15, 0.2) is 36.4 Å². The van der Waals surface area contributed by atoms with Crippen LogP contribution in [-0.4, -0.2) is 13.1 Å². The molecule has 0 radical (unpaired) electrons. The minimum atomic E-state index is 0.165. The summed E-state index contributed by atoms with van der Waals surface area (Å²) in [6.07, 6.45) is 0.895. The van der Waals surface area contributed by atoms with E-state index in [0.717, 1.165) is 6.42 Å². The number of hydrogen-bond acceptors (Lipinski definition) is 2. The van der Waals surface area contributed by atoms with Gasteiger partial charge in [0.2, 0.25) is 0 Å². The first kappa shape index (κ1) is 15.6. The number of aryl methyl sites for hydroxylation is 3. The van der Waals surface area contributed by atoms with E-state index in [1.165, 1.54) is 33.6 Å². The molecule has 0 bridgehead atoms. The van der Waals surface area contributed by atoms with Crippen LogP contribution < -0.4 is 10.6 Å². The van der Waals surface area contributed by atoms with Gasteiger partial charge in [0.25, 0.3) is 0 Å². The summed E-state index contributed by atoms with van der Waals surface area (Å²) in [5.74, 6) is 0. The lowest BCUT2D eigenvalue weighted by Gasteiger charge is -2.25. The number of anilines is 2. The van der Waals surface area contributed by atoms with Gasteiger partial charge < -0.3 is 10.6 Å². The van der Waals surface area contributed by atoms with Gasteiger partial charge in [0.15, 0.2) is 0 Å². The monoisotopic (exact) mass is 282 g/mol. The topological polar surface area (TPSA) is 29.3 Å². The van der Waals surface area contributed by atoms with Crippen molar-refractivity contribution in [1.82, 2.24) is 0 Å². The summed E-state index contributed by atoms with van der Waals surface area (Å²) in [5, 5.41) is 0. The Morgan fingerprint density at radius 1 is 0.952 bits per heavy atom. The average molecular weight is 282 g/mol. The zero-order valence-electron chi connectivity index (χ0n) is 13.8. The van der Waals surface area contributed by atoms with E-state index in [-0.39, 0.29) is 6.04 Å². The summed E-state index contributed by atoms with van der Waals surface area (Å²) in [6.45, 7) is 8.48. The molecule has 2 nitrogen and oxygen atoms in total. The van der Waals surface area contributed by atoms with Crippen LogP contribution in [0.25, 0.3) is 0 Å². The zero-order chi connectivity index (χ0) is 15.6. The van der Waals surface area contributed by atoms with Gasteiger partial charge in [-0.05, 0) is 57.4 Å². The van der Waals surface area contributed by atoms with Gasteiger partial charge in [-0.25, -0.2) is 0 Å². The van der Waals surface area contributed by atoms with Crippen molar-refractivity contribution in [3.05, 3.63) is 58.7 Å². The van der Waals surface area contributed by atoms with Gasteiger partial charge >= 0.3 is 0 Å². The van der Waals surface area contributed by atoms with Crippen molar-refractivity contribution >= 4 is 11.4 Å². The Hall–Kier alpha value is -1.80. The lowest BCUT2D eigenvalue weighted by atomic mass is 10.0. The molecule has 112 valence electrons. The van der Waals surface area contributed by atoms with E-state index >= 15 is 0 Å². The molecule has 2 aromatic carbocycles. The summed E-state index contributed by atoms with van der Waals surface area (Å²) < 4.78 is 0. The highest BCUT2D eigenvalue weighted by atomic mass is 15.1. The highest BCUT2D eigenvalue weighted by molar-refractivity contribution is 5.69. The minimum Gasteiger partial charge on any atom is -0.344 e. The van der Waals surface area contributed by atoms with Crippen molar-refractivity contribution in [3.63, 3.8) is 0 Å². The fourth-order valence-electron chi connectivity index (χ4n) is 2.86.